The number of rotatable bonds is 5. The molecular weight excluding hydrogens is 221 g/mol. The van der Waals surface area contributed by atoms with Gasteiger partial charge >= 0.3 is 27.3 Å². The Morgan fingerprint density at radius 2 is 1.50 bits per heavy atom. The molecule has 10 heavy (non-hydrogen) atoms. The smallest absolute Gasteiger partial charge is 0.358 e. The van der Waals surface area contributed by atoms with Crippen LogP contribution in [0.3, 0.4) is 0 Å². The molecular formula is C9H20Cd. The third-order valence-corrected chi connectivity index (χ3v) is 1.35. The first-order chi connectivity index (χ1) is 3.91. The average Bonchev–Trinajstić information content (AvgIpc) is 1.81. The van der Waals surface area contributed by atoms with E-state index < -0.39 is 0 Å². The van der Waals surface area contributed by atoms with Gasteiger partial charge in [0.05, 0.1) is 0 Å². The van der Waals surface area contributed by atoms with Crippen molar-refractivity contribution < 1.29 is 27.3 Å². The molecule has 0 aliphatic rings. The molecule has 0 fully saturated rings. The van der Waals surface area contributed by atoms with Crippen LogP contribution in [0.4, 0.5) is 0 Å². The summed E-state index contributed by atoms with van der Waals surface area (Å²) in [5, 5.41) is 0. The van der Waals surface area contributed by atoms with Crippen LogP contribution in [-0.4, -0.2) is 0 Å². The number of hydrogen-bond acceptors (Lipinski definition) is 0. The molecule has 0 nitrogen and oxygen atoms in total. The van der Waals surface area contributed by atoms with E-state index in [-0.39, 0.29) is 34.7 Å². The maximum atomic E-state index is 3.78. The zero-order valence-electron chi connectivity index (χ0n) is 7.66. The Balaban J connectivity index is -0.000000245. The Morgan fingerprint density at radius 1 is 1.00 bits per heavy atom. The molecule has 0 rings (SSSR count). The third-order valence-electron chi connectivity index (χ3n) is 1.35. The minimum atomic E-state index is 0. The van der Waals surface area contributed by atoms with Crippen molar-refractivity contribution in [3.63, 3.8) is 0 Å². The van der Waals surface area contributed by atoms with Gasteiger partial charge in [-0.05, 0) is 0 Å². The summed E-state index contributed by atoms with van der Waals surface area (Å²) >= 11 is 0. The summed E-state index contributed by atoms with van der Waals surface area (Å²) in [6.45, 7) is 6.02. The molecule has 0 N–H and O–H groups in total. The van der Waals surface area contributed by atoms with Gasteiger partial charge in [0.1, 0.15) is 0 Å². The van der Waals surface area contributed by atoms with Crippen LogP contribution in [0, 0.1) is 14.4 Å². The van der Waals surface area contributed by atoms with Gasteiger partial charge in [0.15, 0.2) is 0 Å². The second-order valence-electron chi connectivity index (χ2n) is 2.27. The quantitative estimate of drug-likeness (QED) is 0.391. The van der Waals surface area contributed by atoms with Gasteiger partial charge < -0.3 is 14.4 Å². The zero-order chi connectivity index (χ0) is 6.24. The van der Waals surface area contributed by atoms with Crippen LogP contribution in [0.15, 0.2) is 0 Å². The van der Waals surface area contributed by atoms with E-state index in [1.54, 1.807) is 0 Å². The fourth-order valence-corrected chi connectivity index (χ4v) is 0.780. The number of hydrogen-bond donors (Lipinski definition) is 0. The van der Waals surface area contributed by atoms with Crippen molar-refractivity contribution in [2.75, 3.05) is 0 Å². The maximum absolute atomic E-state index is 3.78. The molecule has 58 valence electrons. The molecule has 0 bridgehead atoms. The van der Waals surface area contributed by atoms with Crippen LogP contribution >= 0.6 is 0 Å². The van der Waals surface area contributed by atoms with Crippen LogP contribution in [0.25, 0.3) is 0 Å². The standard InChI is InChI=1S/C8H17.CH3.Cd/c1-3-5-7-8-6-4-2;;/h1,3-8H2,2H3;1H3;/q2*-1;+2. The Bertz CT molecular complexity index is 29.7. The Morgan fingerprint density at radius 3 is 1.90 bits per heavy atom. The SMILES string of the molecule is [CH2-]CCCCCCC.[CH3-].[Cd+2]. The molecule has 0 aromatic heterocycles. The van der Waals surface area contributed by atoms with Gasteiger partial charge in [-0.15, -0.1) is 0 Å². The first-order valence-corrected chi connectivity index (χ1v) is 3.71. The first kappa shape index (κ1) is 17.1. The van der Waals surface area contributed by atoms with Gasteiger partial charge in [-0.1, -0.05) is 39.0 Å². The van der Waals surface area contributed by atoms with Crippen LogP contribution < -0.4 is 0 Å². The summed E-state index contributed by atoms with van der Waals surface area (Å²) in [4.78, 5) is 0. The second kappa shape index (κ2) is 16.5. The molecule has 0 amide bonds. The van der Waals surface area contributed by atoms with Crippen molar-refractivity contribution in [2.24, 2.45) is 0 Å². The van der Waals surface area contributed by atoms with E-state index in [0.717, 1.165) is 6.42 Å². The molecule has 0 aliphatic carbocycles. The van der Waals surface area contributed by atoms with Gasteiger partial charge in [-0.2, -0.15) is 6.42 Å². The molecule has 0 aliphatic heterocycles. The van der Waals surface area contributed by atoms with E-state index in [1.807, 2.05) is 0 Å². The summed E-state index contributed by atoms with van der Waals surface area (Å²) < 4.78 is 0. The van der Waals surface area contributed by atoms with Crippen molar-refractivity contribution in [3.05, 3.63) is 14.4 Å². The van der Waals surface area contributed by atoms with Gasteiger partial charge in [-0.3, -0.25) is 0 Å². The van der Waals surface area contributed by atoms with Crippen molar-refractivity contribution in [1.82, 2.24) is 0 Å². The maximum Gasteiger partial charge on any atom is 2.00 e. The molecule has 0 aromatic carbocycles. The molecule has 0 aromatic rings. The van der Waals surface area contributed by atoms with Crippen LogP contribution in [0.2, 0.25) is 0 Å². The Kier molecular flexibility index (Phi) is 28.2. The van der Waals surface area contributed by atoms with Crippen LogP contribution in [-0.2, 0) is 27.3 Å². The normalized spacial score (nSPS) is 7.80. The van der Waals surface area contributed by atoms with E-state index in [1.165, 1.54) is 32.1 Å². The van der Waals surface area contributed by atoms with Crippen LogP contribution in [0.5, 0.6) is 0 Å². The molecule has 0 saturated heterocycles. The monoisotopic (exact) mass is 242 g/mol. The molecule has 1 heteroatoms. The molecule has 0 spiro atoms. The van der Waals surface area contributed by atoms with Crippen molar-refractivity contribution in [1.29, 1.82) is 0 Å². The van der Waals surface area contributed by atoms with E-state index in [4.69, 9.17) is 0 Å². The Labute approximate surface area is 86.9 Å². The van der Waals surface area contributed by atoms with Crippen LogP contribution in [0.1, 0.15) is 45.4 Å². The second-order valence-corrected chi connectivity index (χ2v) is 2.27. The topological polar surface area (TPSA) is 0 Å². The average molecular weight is 241 g/mol. The molecule has 0 saturated carbocycles. The van der Waals surface area contributed by atoms with Crippen molar-refractivity contribution >= 4 is 0 Å². The summed E-state index contributed by atoms with van der Waals surface area (Å²) in [5.74, 6) is 0. The molecule has 0 atom stereocenters. The fourth-order valence-electron chi connectivity index (χ4n) is 0.780. The Hall–Kier alpha value is 0.922. The first-order valence-electron chi connectivity index (χ1n) is 3.71. The third kappa shape index (κ3) is 16.0. The van der Waals surface area contributed by atoms with Crippen molar-refractivity contribution in [2.45, 2.75) is 45.4 Å². The van der Waals surface area contributed by atoms with E-state index in [0.29, 0.717) is 0 Å². The van der Waals surface area contributed by atoms with Gasteiger partial charge in [0, 0.05) is 0 Å². The largest absolute Gasteiger partial charge is 2.00 e. The zero-order valence-corrected chi connectivity index (χ0v) is 11.7. The van der Waals surface area contributed by atoms with Gasteiger partial charge in [-0.25, -0.2) is 0 Å². The van der Waals surface area contributed by atoms with E-state index >= 15 is 0 Å². The minimum Gasteiger partial charge on any atom is -0.358 e. The van der Waals surface area contributed by atoms with Gasteiger partial charge in [0.25, 0.3) is 0 Å². The van der Waals surface area contributed by atoms with E-state index in [2.05, 4.69) is 13.8 Å². The summed E-state index contributed by atoms with van der Waals surface area (Å²) in [5.41, 5.74) is 0. The van der Waals surface area contributed by atoms with Crippen molar-refractivity contribution in [3.8, 4) is 0 Å². The molecule has 0 heterocycles. The summed E-state index contributed by atoms with van der Waals surface area (Å²) in [6.07, 6.45) is 7.98. The minimum absolute atomic E-state index is 0. The molecule has 0 unspecified atom stereocenters. The van der Waals surface area contributed by atoms with Gasteiger partial charge in [0.2, 0.25) is 0 Å². The fraction of sp³-hybridized carbons (Fsp3) is 0.778. The summed E-state index contributed by atoms with van der Waals surface area (Å²) in [6, 6.07) is 0. The number of unbranched alkanes of at least 4 members (excludes halogenated alkanes) is 5. The summed E-state index contributed by atoms with van der Waals surface area (Å²) in [7, 11) is 0. The molecule has 0 radical (unpaired) electrons. The predicted molar refractivity (Wildman–Crippen MR) is 45.1 cm³/mol. The predicted octanol–water partition coefficient (Wildman–Crippen LogP) is 3.63. The van der Waals surface area contributed by atoms with E-state index in [9.17, 15) is 0 Å².